The molecule has 39 heavy (non-hydrogen) atoms. The average molecular weight is 610 g/mol. The van der Waals surface area contributed by atoms with Gasteiger partial charge in [-0.15, -0.1) is 11.3 Å². The molecule has 1 fully saturated rings. The number of fused-ring (bicyclic) bond motifs is 3. The summed E-state index contributed by atoms with van der Waals surface area (Å²) >= 11 is 4.72. The van der Waals surface area contributed by atoms with Crippen LogP contribution < -0.4 is 9.47 Å². The number of hydrogen-bond donors (Lipinski definition) is 1. The largest absolute Gasteiger partial charge is 0.502 e. The van der Waals surface area contributed by atoms with Gasteiger partial charge in [0, 0.05) is 28.0 Å². The minimum Gasteiger partial charge on any atom is -0.502 e. The fraction of sp³-hybridized carbons (Fsp3) is 0.310. The summed E-state index contributed by atoms with van der Waals surface area (Å²) in [5.41, 5.74) is 2.08. The topological polar surface area (TPSA) is 110 Å². The first-order valence-electron chi connectivity index (χ1n) is 12.5. The Kier molecular flexibility index (Phi) is 6.34. The number of hydrogen-bond acceptors (Lipinski definition) is 8. The highest BCUT2D eigenvalue weighted by atomic mass is 79.9. The summed E-state index contributed by atoms with van der Waals surface area (Å²) in [6.45, 7) is 0.222. The van der Waals surface area contributed by atoms with Gasteiger partial charge in [0.1, 0.15) is 0 Å². The van der Waals surface area contributed by atoms with E-state index in [-0.39, 0.29) is 58.1 Å². The smallest absolute Gasteiger partial charge is 0.234 e. The zero-order valence-corrected chi connectivity index (χ0v) is 23.5. The van der Waals surface area contributed by atoms with Crippen LogP contribution in [0.5, 0.6) is 17.2 Å². The zero-order valence-electron chi connectivity index (χ0n) is 21.1. The van der Waals surface area contributed by atoms with Crippen molar-refractivity contribution in [1.29, 1.82) is 0 Å². The van der Waals surface area contributed by atoms with E-state index in [0.29, 0.717) is 23.1 Å². The summed E-state index contributed by atoms with van der Waals surface area (Å²) in [6.07, 6.45) is 3.78. The number of rotatable bonds is 5. The fourth-order valence-electron chi connectivity index (χ4n) is 6.45. The third-order valence-electron chi connectivity index (χ3n) is 8.15. The first-order chi connectivity index (χ1) is 18.7. The number of imide groups is 1. The Hall–Kier alpha value is -3.50. The van der Waals surface area contributed by atoms with Crippen LogP contribution in [0.4, 0.5) is 0 Å². The Labute approximate surface area is 236 Å². The molecule has 1 saturated heterocycles. The fourth-order valence-corrected chi connectivity index (χ4v) is 7.59. The number of Topliss-reactive ketones (excluding diaryl/α,β-unsaturated/α-hetero) is 1. The van der Waals surface area contributed by atoms with E-state index in [1.54, 1.807) is 12.1 Å². The molecule has 1 N–H and O–H groups in total. The van der Waals surface area contributed by atoms with Gasteiger partial charge >= 0.3 is 0 Å². The minimum atomic E-state index is -0.675. The number of ketones is 2. The maximum absolute atomic E-state index is 13.8. The van der Waals surface area contributed by atoms with Gasteiger partial charge in [0.2, 0.25) is 17.6 Å². The van der Waals surface area contributed by atoms with Crippen LogP contribution in [-0.2, 0) is 25.7 Å². The Balaban J connectivity index is 1.49. The summed E-state index contributed by atoms with van der Waals surface area (Å²) < 4.78 is 10.9. The van der Waals surface area contributed by atoms with Crippen molar-refractivity contribution in [2.45, 2.75) is 25.3 Å². The first-order valence-corrected chi connectivity index (χ1v) is 14.1. The van der Waals surface area contributed by atoms with Crippen LogP contribution in [0.3, 0.4) is 0 Å². The second kappa shape index (κ2) is 9.60. The second-order valence-corrected chi connectivity index (χ2v) is 11.9. The highest BCUT2D eigenvalue weighted by Gasteiger charge is 2.56. The van der Waals surface area contributed by atoms with Crippen molar-refractivity contribution in [3.8, 4) is 17.2 Å². The van der Waals surface area contributed by atoms with Crippen LogP contribution in [-0.4, -0.2) is 47.6 Å². The summed E-state index contributed by atoms with van der Waals surface area (Å²) in [6, 6.07) is 7.03. The van der Waals surface area contributed by atoms with Gasteiger partial charge in [0.05, 0.1) is 37.1 Å². The Morgan fingerprint density at radius 3 is 2.44 bits per heavy atom. The molecule has 0 spiro atoms. The number of aromatic hydroxyl groups is 1. The monoisotopic (exact) mass is 609 g/mol. The number of methoxy groups -OCH3 is 2. The quantitative estimate of drug-likeness (QED) is 0.303. The number of phenolic OH excluding ortho intramolecular Hbond substituents is 1. The van der Waals surface area contributed by atoms with Crippen molar-refractivity contribution in [3.63, 3.8) is 0 Å². The SMILES string of the molecule is COc1cc([C@H]2C3=CC[C@@H]4C(=O)N(Cc5cccs5)C(=O)[C@@H]4[C@@H]3CC3=C2C(=O)C=C(Br)C3=O)cc(OC)c1O. The summed E-state index contributed by atoms with van der Waals surface area (Å²) in [7, 11) is 2.83. The van der Waals surface area contributed by atoms with Gasteiger partial charge in [0.25, 0.3) is 0 Å². The maximum Gasteiger partial charge on any atom is 0.234 e. The lowest BCUT2D eigenvalue weighted by molar-refractivity contribution is -0.140. The van der Waals surface area contributed by atoms with Crippen molar-refractivity contribution in [2.24, 2.45) is 17.8 Å². The van der Waals surface area contributed by atoms with Gasteiger partial charge in [-0.1, -0.05) is 17.7 Å². The molecule has 0 saturated carbocycles. The van der Waals surface area contributed by atoms with E-state index in [1.165, 1.54) is 36.5 Å². The number of carbonyl (C=O) groups excluding carboxylic acids is 4. The van der Waals surface area contributed by atoms with E-state index < -0.39 is 23.7 Å². The molecule has 1 aliphatic heterocycles. The molecule has 0 radical (unpaired) electrons. The number of phenols is 1. The molecular weight excluding hydrogens is 586 g/mol. The molecule has 0 unspecified atom stereocenters. The van der Waals surface area contributed by atoms with Crippen LogP contribution in [0.25, 0.3) is 0 Å². The minimum absolute atomic E-state index is 0.156. The van der Waals surface area contributed by atoms with Crippen molar-refractivity contribution in [2.75, 3.05) is 14.2 Å². The third-order valence-corrected chi connectivity index (χ3v) is 9.60. The molecule has 2 heterocycles. The summed E-state index contributed by atoms with van der Waals surface area (Å²) in [5, 5.41) is 12.4. The number of carbonyl (C=O) groups is 4. The Morgan fingerprint density at radius 1 is 1.08 bits per heavy atom. The lowest BCUT2D eigenvalue weighted by Crippen LogP contribution is -2.39. The molecule has 4 aliphatic rings. The van der Waals surface area contributed by atoms with E-state index in [0.717, 1.165) is 10.5 Å². The van der Waals surface area contributed by atoms with Gasteiger partial charge in [-0.3, -0.25) is 24.1 Å². The lowest BCUT2D eigenvalue weighted by Gasteiger charge is -2.42. The molecule has 2 amide bonds. The standard InChI is InChI=1S/C29H24BrNO7S/c1-37-21-8-13(9-22(38-2)27(21)34)23-15-5-6-16-24(29(36)31(28(16)35)12-14-4-3-7-39-14)17(15)10-18-25(23)20(32)11-19(30)26(18)33/h3-5,7-9,11,16-17,23-24,34H,6,10,12H2,1-2H3/t16-,17+,23-,24-/m0/s1. The molecule has 3 aliphatic carbocycles. The lowest BCUT2D eigenvalue weighted by atomic mass is 9.59. The van der Waals surface area contributed by atoms with E-state index in [2.05, 4.69) is 15.9 Å². The Morgan fingerprint density at radius 2 is 1.79 bits per heavy atom. The highest BCUT2D eigenvalue weighted by molar-refractivity contribution is 9.12. The van der Waals surface area contributed by atoms with Crippen LogP contribution >= 0.6 is 27.3 Å². The second-order valence-electron chi connectivity index (χ2n) is 10.0. The van der Waals surface area contributed by atoms with Gasteiger partial charge in [-0.2, -0.15) is 0 Å². The molecule has 0 bridgehead atoms. The number of thiophene rings is 1. The summed E-state index contributed by atoms with van der Waals surface area (Å²) in [4.78, 5) is 56.3. The number of benzene rings is 1. The molecule has 6 rings (SSSR count). The van der Waals surface area contributed by atoms with E-state index >= 15 is 0 Å². The summed E-state index contributed by atoms with van der Waals surface area (Å²) in [5.74, 6) is -3.21. The van der Waals surface area contributed by atoms with Gasteiger partial charge < -0.3 is 14.6 Å². The first kappa shape index (κ1) is 25.8. The van der Waals surface area contributed by atoms with Crippen LogP contribution in [0, 0.1) is 17.8 Å². The van der Waals surface area contributed by atoms with E-state index in [4.69, 9.17) is 9.47 Å². The third kappa shape index (κ3) is 3.91. The van der Waals surface area contributed by atoms with Crippen molar-refractivity contribution >= 4 is 50.6 Å². The molecule has 10 heteroatoms. The number of amides is 2. The number of halogens is 1. The van der Waals surface area contributed by atoms with E-state index in [1.807, 2.05) is 23.6 Å². The molecule has 200 valence electrons. The van der Waals surface area contributed by atoms with Crippen molar-refractivity contribution in [3.05, 3.63) is 73.4 Å². The Bertz CT molecular complexity index is 1510. The molecular formula is C29H24BrNO7S. The molecule has 4 atom stereocenters. The van der Waals surface area contributed by atoms with E-state index in [9.17, 15) is 24.3 Å². The van der Waals surface area contributed by atoms with Crippen LogP contribution in [0.1, 0.15) is 29.2 Å². The predicted octanol–water partition coefficient (Wildman–Crippen LogP) is 4.43. The predicted molar refractivity (Wildman–Crippen MR) is 146 cm³/mol. The average Bonchev–Trinajstić information content (AvgIpc) is 3.53. The van der Waals surface area contributed by atoms with Crippen LogP contribution in [0.15, 0.2) is 63.0 Å². The normalized spacial score (nSPS) is 26.2. The maximum atomic E-state index is 13.8. The van der Waals surface area contributed by atoms with Crippen molar-refractivity contribution in [1.82, 2.24) is 4.90 Å². The number of likely N-dealkylation sites (tertiary alicyclic amines) is 1. The zero-order chi connectivity index (χ0) is 27.6. The van der Waals surface area contributed by atoms with Gasteiger partial charge in [0.15, 0.2) is 23.1 Å². The molecule has 1 aromatic carbocycles. The van der Waals surface area contributed by atoms with Crippen molar-refractivity contribution < 1.29 is 33.8 Å². The highest BCUT2D eigenvalue weighted by Crippen LogP contribution is 2.56. The van der Waals surface area contributed by atoms with Crippen LogP contribution in [0.2, 0.25) is 0 Å². The van der Waals surface area contributed by atoms with Gasteiger partial charge in [-0.05, 0) is 63.8 Å². The van der Waals surface area contributed by atoms with Gasteiger partial charge in [-0.25, -0.2) is 0 Å². The number of ether oxygens (including phenoxy) is 2. The number of nitrogens with zero attached hydrogens (tertiary/aromatic N) is 1. The number of allylic oxidation sites excluding steroid dienone is 6. The molecule has 2 aromatic rings. The molecule has 8 nitrogen and oxygen atoms in total. The molecule has 1 aromatic heterocycles.